The van der Waals surface area contributed by atoms with Crippen LogP contribution >= 0.6 is 0 Å². The van der Waals surface area contributed by atoms with Crippen LogP contribution in [-0.2, 0) is 16.1 Å². The number of pyridine rings is 1. The third-order valence-electron chi connectivity index (χ3n) is 2.16. The summed E-state index contributed by atoms with van der Waals surface area (Å²) < 4.78 is 0. The van der Waals surface area contributed by atoms with Crippen LogP contribution in [0, 0.1) is 0 Å². The SMILES string of the molecule is NC(=O)C[C@@H](NC(=O)NCc1ccccn1)C(=O)O. The lowest BCUT2D eigenvalue weighted by molar-refractivity contribution is -0.140. The van der Waals surface area contributed by atoms with Gasteiger partial charge in [-0.05, 0) is 12.1 Å². The number of aliphatic carboxylic acids is 1. The van der Waals surface area contributed by atoms with Crippen LogP contribution in [0.4, 0.5) is 4.79 Å². The van der Waals surface area contributed by atoms with Crippen molar-refractivity contribution >= 4 is 17.9 Å². The lowest BCUT2D eigenvalue weighted by Gasteiger charge is -2.13. The molecular formula is C11H14N4O4. The number of hydrogen-bond acceptors (Lipinski definition) is 4. The molecule has 8 heteroatoms. The number of primary amides is 1. The molecule has 1 heterocycles. The maximum absolute atomic E-state index is 11.4. The number of nitrogens with one attached hydrogen (secondary N) is 2. The molecule has 19 heavy (non-hydrogen) atoms. The first-order valence-electron chi connectivity index (χ1n) is 5.44. The molecule has 1 atom stereocenters. The molecule has 8 nitrogen and oxygen atoms in total. The van der Waals surface area contributed by atoms with Gasteiger partial charge in [-0.1, -0.05) is 6.07 Å². The average molecular weight is 266 g/mol. The van der Waals surface area contributed by atoms with E-state index in [4.69, 9.17) is 10.8 Å². The highest BCUT2D eigenvalue weighted by Gasteiger charge is 2.21. The molecule has 0 radical (unpaired) electrons. The highest BCUT2D eigenvalue weighted by Crippen LogP contribution is 1.94. The van der Waals surface area contributed by atoms with Crippen molar-refractivity contribution in [1.29, 1.82) is 0 Å². The first kappa shape index (κ1) is 14.4. The van der Waals surface area contributed by atoms with Crippen molar-refractivity contribution in [2.75, 3.05) is 0 Å². The van der Waals surface area contributed by atoms with E-state index in [1.54, 1.807) is 24.4 Å². The summed E-state index contributed by atoms with van der Waals surface area (Å²) in [7, 11) is 0. The molecule has 102 valence electrons. The third kappa shape index (κ3) is 5.48. The lowest BCUT2D eigenvalue weighted by Crippen LogP contribution is -2.47. The normalized spacial score (nSPS) is 11.4. The standard InChI is InChI=1S/C11H14N4O4/c12-9(16)5-8(10(17)18)15-11(19)14-6-7-3-1-2-4-13-7/h1-4,8H,5-6H2,(H2,12,16)(H,17,18)(H2,14,15,19)/t8-/m1/s1. The van der Waals surface area contributed by atoms with E-state index in [-0.39, 0.29) is 6.54 Å². The van der Waals surface area contributed by atoms with E-state index >= 15 is 0 Å². The van der Waals surface area contributed by atoms with Gasteiger partial charge in [0.15, 0.2) is 0 Å². The Morgan fingerprint density at radius 2 is 2.11 bits per heavy atom. The van der Waals surface area contributed by atoms with Crippen molar-refractivity contribution in [3.8, 4) is 0 Å². The number of aromatic nitrogens is 1. The van der Waals surface area contributed by atoms with E-state index in [1.807, 2.05) is 0 Å². The van der Waals surface area contributed by atoms with Crippen LogP contribution in [-0.4, -0.2) is 34.0 Å². The number of hydrogen-bond donors (Lipinski definition) is 4. The second-order valence-electron chi connectivity index (χ2n) is 3.71. The lowest BCUT2D eigenvalue weighted by atomic mass is 10.2. The van der Waals surface area contributed by atoms with Crippen LogP contribution in [0.15, 0.2) is 24.4 Å². The van der Waals surface area contributed by atoms with Gasteiger partial charge in [-0.2, -0.15) is 0 Å². The number of nitrogens with zero attached hydrogens (tertiary/aromatic N) is 1. The van der Waals surface area contributed by atoms with E-state index < -0.39 is 30.4 Å². The molecule has 0 aliphatic heterocycles. The van der Waals surface area contributed by atoms with Gasteiger partial charge in [-0.25, -0.2) is 9.59 Å². The van der Waals surface area contributed by atoms with Gasteiger partial charge in [0.05, 0.1) is 18.7 Å². The first-order valence-corrected chi connectivity index (χ1v) is 5.44. The quantitative estimate of drug-likeness (QED) is 0.535. The maximum Gasteiger partial charge on any atom is 0.326 e. The van der Waals surface area contributed by atoms with E-state index in [0.29, 0.717) is 5.69 Å². The van der Waals surface area contributed by atoms with Gasteiger partial charge in [0.25, 0.3) is 0 Å². The van der Waals surface area contributed by atoms with Crippen molar-refractivity contribution in [3.05, 3.63) is 30.1 Å². The molecule has 0 unspecified atom stereocenters. The molecule has 0 aliphatic rings. The number of rotatable bonds is 6. The van der Waals surface area contributed by atoms with Gasteiger partial charge in [0.2, 0.25) is 5.91 Å². The molecule has 0 aliphatic carbocycles. The van der Waals surface area contributed by atoms with Crippen molar-refractivity contribution < 1.29 is 19.5 Å². The minimum absolute atomic E-state index is 0.148. The monoisotopic (exact) mass is 266 g/mol. The Morgan fingerprint density at radius 3 is 2.63 bits per heavy atom. The van der Waals surface area contributed by atoms with Crippen LogP contribution in [0.3, 0.4) is 0 Å². The molecular weight excluding hydrogens is 252 g/mol. The molecule has 0 fully saturated rings. The summed E-state index contributed by atoms with van der Waals surface area (Å²) in [4.78, 5) is 36.9. The van der Waals surface area contributed by atoms with E-state index in [0.717, 1.165) is 0 Å². The van der Waals surface area contributed by atoms with Gasteiger partial charge in [-0.15, -0.1) is 0 Å². The Hall–Kier alpha value is -2.64. The second-order valence-corrected chi connectivity index (χ2v) is 3.71. The fourth-order valence-electron chi connectivity index (χ4n) is 1.28. The summed E-state index contributed by atoms with van der Waals surface area (Å²) in [5, 5.41) is 13.4. The number of carbonyl (C=O) groups excluding carboxylic acids is 2. The number of carboxylic acid groups (broad SMARTS) is 1. The van der Waals surface area contributed by atoms with E-state index in [2.05, 4.69) is 15.6 Å². The van der Waals surface area contributed by atoms with E-state index in [9.17, 15) is 14.4 Å². The largest absolute Gasteiger partial charge is 0.480 e. The highest BCUT2D eigenvalue weighted by molar-refractivity contribution is 5.87. The van der Waals surface area contributed by atoms with Crippen LogP contribution in [0.5, 0.6) is 0 Å². The Morgan fingerprint density at radius 1 is 1.37 bits per heavy atom. The Bertz CT molecular complexity index is 463. The number of urea groups is 1. The summed E-state index contributed by atoms with van der Waals surface area (Å²) in [5.41, 5.74) is 5.51. The summed E-state index contributed by atoms with van der Waals surface area (Å²) in [6, 6.07) is 3.14. The average Bonchev–Trinajstić information content (AvgIpc) is 2.36. The smallest absolute Gasteiger partial charge is 0.326 e. The molecule has 0 spiro atoms. The number of amides is 3. The van der Waals surface area contributed by atoms with Crippen molar-refractivity contribution in [3.63, 3.8) is 0 Å². The minimum Gasteiger partial charge on any atom is -0.480 e. The van der Waals surface area contributed by atoms with Gasteiger partial charge in [0, 0.05) is 6.20 Å². The maximum atomic E-state index is 11.4. The summed E-state index contributed by atoms with van der Waals surface area (Å²) in [6.45, 7) is 0.148. The predicted octanol–water partition coefficient (Wildman–Crippen LogP) is -0.791. The van der Waals surface area contributed by atoms with Gasteiger partial charge in [-0.3, -0.25) is 9.78 Å². The summed E-state index contributed by atoms with van der Waals surface area (Å²) in [6.07, 6.45) is 1.11. The topological polar surface area (TPSA) is 134 Å². The zero-order valence-electron chi connectivity index (χ0n) is 10.00. The molecule has 5 N–H and O–H groups in total. The summed E-state index contributed by atoms with van der Waals surface area (Å²) in [5.74, 6) is -2.13. The van der Waals surface area contributed by atoms with Crippen LogP contribution in [0.25, 0.3) is 0 Å². The van der Waals surface area contributed by atoms with Gasteiger partial charge in [0.1, 0.15) is 6.04 Å². The molecule has 1 aromatic rings. The molecule has 0 bridgehead atoms. The first-order chi connectivity index (χ1) is 8.99. The Balaban J connectivity index is 2.45. The van der Waals surface area contributed by atoms with Gasteiger partial charge >= 0.3 is 12.0 Å². The predicted molar refractivity (Wildman–Crippen MR) is 64.8 cm³/mol. The molecule has 0 aromatic carbocycles. The van der Waals surface area contributed by atoms with Crippen molar-refractivity contribution in [1.82, 2.24) is 15.6 Å². The highest BCUT2D eigenvalue weighted by atomic mass is 16.4. The fourth-order valence-corrected chi connectivity index (χ4v) is 1.28. The van der Waals surface area contributed by atoms with Crippen LogP contribution in [0.1, 0.15) is 12.1 Å². The Labute approximate surface area is 109 Å². The zero-order valence-corrected chi connectivity index (χ0v) is 10.00. The molecule has 1 rings (SSSR count). The second kappa shape index (κ2) is 6.94. The number of carboxylic acids is 1. The van der Waals surface area contributed by atoms with E-state index in [1.165, 1.54) is 0 Å². The minimum atomic E-state index is -1.35. The molecule has 0 saturated carbocycles. The van der Waals surface area contributed by atoms with Crippen molar-refractivity contribution in [2.24, 2.45) is 5.73 Å². The van der Waals surface area contributed by atoms with Gasteiger partial charge < -0.3 is 21.5 Å². The van der Waals surface area contributed by atoms with Crippen molar-refractivity contribution in [2.45, 2.75) is 19.0 Å². The zero-order chi connectivity index (χ0) is 14.3. The fraction of sp³-hybridized carbons (Fsp3) is 0.273. The number of carbonyl (C=O) groups is 3. The number of nitrogens with two attached hydrogens (primary N) is 1. The summed E-state index contributed by atoms with van der Waals surface area (Å²) >= 11 is 0. The Kier molecular flexibility index (Phi) is 5.27. The molecule has 3 amide bonds. The molecule has 1 aromatic heterocycles. The third-order valence-corrected chi connectivity index (χ3v) is 2.16. The van der Waals surface area contributed by atoms with Crippen LogP contribution < -0.4 is 16.4 Å². The van der Waals surface area contributed by atoms with Crippen LogP contribution in [0.2, 0.25) is 0 Å². The molecule has 0 saturated heterocycles.